The third-order valence-electron chi connectivity index (χ3n) is 6.89. The van der Waals surface area contributed by atoms with Gasteiger partial charge in [-0.2, -0.15) is 4.39 Å². The molecule has 0 saturated carbocycles. The number of aromatic nitrogens is 1. The standard InChI is InChI=1S/C33H33F2NO6/c1-22(33(39)40)36-21-25(8-5-12-30(37)38)27-9-4-7-24(32(27)36)16-13-23-14-17-26(18-15-23)41-19-2-3-20-42-29-11-6-10-28(34)31(29)35/h4,6-7,9-11,13-18,21-22H,2-3,5,8,12,19-20H2,1H3,(H,37,38)(H,39,40). The van der Waals surface area contributed by atoms with E-state index in [-0.39, 0.29) is 18.8 Å². The maximum Gasteiger partial charge on any atom is 0.326 e. The number of hydrogen-bond acceptors (Lipinski definition) is 4. The van der Waals surface area contributed by atoms with E-state index >= 15 is 0 Å². The summed E-state index contributed by atoms with van der Waals surface area (Å²) in [4.78, 5) is 22.8. The summed E-state index contributed by atoms with van der Waals surface area (Å²) in [6, 6.07) is 16.4. The molecule has 1 aromatic heterocycles. The highest BCUT2D eigenvalue weighted by molar-refractivity contribution is 5.94. The summed E-state index contributed by atoms with van der Waals surface area (Å²) in [5.74, 6) is -3.14. The first kappa shape index (κ1) is 30.3. The second-order valence-corrected chi connectivity index (χ2v) is 9.92. The van der Waals surface area contributed by atoms with Gasteiger partial charge in [0.1, 0.15) is 11.8 Å². The van der Waals surface area contributed by atoms with Gasteiger partial charge < -0.3 is 24.3 Å². The number of carbonyl (C=O) groups is 2. The topological polar surface area (TPSA) is 98.0 Å². The third kappa shape index (κ3) is 7.75. The normalized spacial score (nSPS) is 12.1. The van der Waals surface area contributed by atoms with Gasteiger partial charge in [-0.25, -0.2) is 9.18 Å². The molecule has 0 aliphatic rings. The predicted molar refractivity (Wildman–Crippen MR) is 157 cm³/mol. The molecule has 0 aliphatic heterocycles. The lowest BCUT2D eigenvalue weighted by atomic mass is 10.0. The molecule has 9 heteroatoms. The molecule has 0 spiro atoms. The molecule has 4 aromatic rings. The monoisotopic (exact) mass is 577 g/mol. The molecule has 3 aromatic carbocycles. The Kier molecular flexibility index (Phi) is 10.3. The molecule has 42 heavy (non-hydrogen) atoms. The molecule has 1 atom stereocenters. The van der Waals surface area contributed by atoms with Crippen LogP contribution in [0.3, 0.4) is 0 Å². The molecule has 0 radical (unpaired) electrons. The highest BCUT2D eigenvalue weighted by atomic mass is 19.2. The third-order valence-corrected chi connectivity index (χ3v) is 6.89. The average molecular weight is 578 g/mol. The van der Waals surface area contributed by atoms with Crippen molar-refractivity contribution >= 4 is 35.0 Å². The second kappa shape index (κ2) is 14.3. The van der Waals surface area contributed by atoms with E-state index in [1.54, 1.807) is 11.5 Å². The molecule has 0 saturated heterocycles. The van der Waals surface area contributed by atoms with Gasteiger partial charge in [-0.1, -0.05) is 48.6 Å². The van der Waals surface area contributed by atoms with E-state index in [1.807, 2.05) is 60.8 Å². The minimum Gasteiger partial charge on any atom is -0.494 e. The van der Waals surface area contributed by atoms with E-state index in [0.29, 0.717) is 38.0 Å². The maximum atomic E-state index is 13.6. The van der Waals surface area contributed by atoms with E-state index < -0.39 is 29.6 Å². The van der Waals surface area contributed by atoms with Gasteiger partial charge in [0.15, 0.2) is 11.6 Å². The first-order valence-electron chi connectivity index (χ1n) is 13.8. The van der Waals surface area contributed by atoms with E-state index in [1.165, 1.54) is 12.1 Å². The van der Waals surface area contributed by atoms with Gasteiger partial charge in [-0.3, -0.25) is 4.79 Å². The van der Waals surface area contributed by atoms with Crippen LogP contribution in [-0.4, -0.2) is 39.9 Å². The molecule has 0 fully saturated rings. The van der Waals surface area contributed by atoms with Crippen molar-refractivity contribution in [3.05, 3.63) is 95.2 Å². The zero-order valence-electron chi connectivity index (χ0n) is 23.3. The fraction of sp³-hybridized carbons (Fsp3) is 0.273. The van der Waals surface area contributed by atoms with Gasteiger partial charge in [0.2, 0.25) is 5.82 Å². The van der Waals surface area contributed by atoms with Crippen LogP contribution < -0.4 is 9.47 Å². The Balaban J connectivity index is 1.37. The zero-order valence-corrected chi connectivity index (χ0v) is 23.3. The number of carboxylic acid groups (broad SMARTS) is 2. The summed E-state index contributed by atoms with van der Waals surface area (Å²) in [5, 5.41) is 19.6. The molecular weight excluding hydrogens is 544 g/mol. The Labute approximate surface area is 242 Å². The number of unbranched alkanes of at least 4 members (excludes halogenated alkanes) is 1. The molecule has 1 unspecified atom stereocenters. The molecule has 4 rings (SSSR count). The van der Waals surface area contributed by atoms with Gasteiger partial charge in [0, 0.05) is 18.0 Å². The van der Waals surface area contributed by atoms with Crippen molar-refractivity contribution in [3.63, 3.8) is 0 Å². The van der Waals surface area contributed by atoms with Crippen molar-refractivity contribution in [1.82, 2.24) is 4.57 Å². The summed E-state index contributed by atoms with van der Waals surface area (Å²) in [6.45, 7) is 2.32. The summed E-state index contributed by atoms with van der Waals surface area (Å²) < 4.78 is 39.7. The van der Waals surface area contributed by atoms with Crippen LogP contribution in [0.4, 0.5) is 8.78 Å². The number of benzene rings is 3. The largest absolute Gasteiger partial charge is 0.494 e. The lowest BCUT2D eigenvalue weighted by molar-refractivity contribution is -0.140. The SMILES string of the molecule is CC(C(=O)O)n1cc(CCCC(=O)O)c2cccc(C=Cc3ccc(OCCCCOc4cccc(F)c4F)cc3)c21. The Bertz CT molecular complexity index is 1560. The second-order valence-electron chi connectivity index (χ2n) is 9.92. The highest BCUT2D eigenvalue weighted by Gasteiger charge is 2.19. The van der Waals surface area contributed by atoms with E-state index in [2.05, 4.69) is 0 Å². The van der Waals surface area contributed by atoms with Gasteiger partial charge in [0.05, 0.1) is 18.7 Å². The van der Waals surface area contributed by atoms with Crippen molar-refractivity contribution in [2.75, 3.05) is 13.2 Å². The number of aryl methyl sites for hydroxylation is 1. The van der Waals surface area contributed by atoms with E-state index in [9.17, 15) is 23.5 Å². The Hall–Kier alpha value is -4.66. The summed E-state index contributed by atoms with van der Waals surface area (Å²) >= 11 is 0. The molecule has 0 amide bonds. The van der Waals surface area contributed by atoms with Crippen molar-refractivity contribution in [3.8, 4) is 11.5 Å². The molecular formula is C33H33F2NO6. The minimum absolute atomic E-state index is 0.0483. The Morgan fingerprint density at radius 3 is 2.33 bits per heavy atom. The molecule has 0 aliphatic carbocycles. The number of fused-ring (bicyclic) bond motifs is 1. The lowest BCUT2D eigenvalue weighted by Gasteiger charge is -2.12. The van der Waals surface area contributed by atoms with Crippen LogP contribution in [0, 0.1) is 11.6 Å². The number of hydrogen-bond donors (Lipinski definition) is 2. The van der Waals surface area contributed by atoms with Crippen LogP contribution in [0.25, 0.3) is 23.1 Å². The Morgan fingerprint density at radius 1 is 0.905 bits per heavy atom. The van der Waals surface area contributed by atoms with Crippen molar-refractivity contribution in [1.29, 1.82) is 0 Å². The summed E-state index contributed by atoms with van der Waals surface area (Å²) in [7, 11) is 0. The van der Waals surface area contributed by atoms with Crippen LogP contribution in [-0.2, 0) is 16.0 Å². The minimum atomic E-state index is -0.985. The fourth-order valence-electron chi connectivity index (χ4n) is 4.63. The summed E-state index contributed by atoms with van der Waals surface area (Å²) in [6.07, 6.45) is 8.04. The average Bonchev–Trinajstić information content (AvgIpc) is 3.35. The first-order chi connectivity index (χ1) is 20.2. The number of rotatable bonds is 15. The molecule has 1 heterocycles. The highest BCUT2D eigenvalue weighted by Crippen LogP contribution is 2.30. The smallest absolute Gasteiger partial charge is 0.326 e. The van der Waals surface area contributed by atoms with E-state index in [4.69, 9.17) is 14.6 Å². The molecule has 7 nitrogen and oxygen atoms in total. The zero-order chi connectivity index (χ0) is 30.1. The fourth-order valence-corrected chi connectivity index (χ4v) is 4.63. The summed E-state index contributed by atoms with van der Waals surface area (Å²) in [5.41, 5.74) is 3.49. The van der Waals surface area contributed by atoms with Gasteiger partial charge >= 0.3 is 11.9 Å². The van der Waals surface area contributed by atoms with Gasteiger partial charge in [0.25, 0.3) is 0 Å². The molecule has 220 valence electrons. The maximum absolute atomic E-state index is 13.6. The van der Waals surface area contributed by atoms with Crippen molar-refractivity contribution in [2.24, 2.45) is 0 Å². The van der Waals surface area contributed by atoms with Crippen LogP contribution in [0.5, 0.6) is 11.5 Å². The molecule has 2 N–H and O–H groups in total. The van der Waals surface area contributed by atoms with Crippen LogP contribution in [0.15, 0.2) is 66.9 Å². The number of carboxylic acids is 2. The Morgan fingerprint density at radius 2 is 1.62 bits per heavy atom. The van der Waals surface area contributed by atoms with Crippen molar-refractivity contribution < 1.29 is 38.1 Å². The number of nitrogens with zero attached hydrogens (tertiary/aromatic N) is 1. The van der Waals surface area contributed by atoms with Gasteiger partial charge in [-0.05, 0) is 73.6 Å². The molecule has 0 bridgehead atoms. The van der Waals surface area contributed by atoms with E-state index in [0.717, 1.165) is 33.7 Å². The van der Waals surface area contributed by atoms with Crippen LogP contribution in [0.1, 0.15) is 55.3 Å². The lowest BCUT2D eigenvalue weighted by Crippen LogP contribution is -2.14. The van der Waals surface area contributed by atoms with Crippen LogP contribution in [0.2, 0.25) is 0 Å². The number of aliphatic carboxylic acids is 2. The predicted octanol–water partition coefficient (Wildman–Crippen LogP) is 7.38. The van der Waals surface area contributed by atoms with Crippen molar-refractivity contribution in [2.45, 2.75) is 45.1 Å². The van der Waals surface area contributed by atoms with Crippen LogP contribution >= 0.6 is 0 Å². The number of para-hydroxylation sites is 1. The number of halogens is 2. The van der Waals surface area contributed by atoms with Gasteiger partial charge in [-0.15, -0.1) is 0 Å². The number of ether oxygens (including phenoxy) is 2. The quantitative estimate of drug-likeness (QED) is 0.113. The first-order valence-corrected chi connectivity index (χ1v) is 13.8.